The van der Waals surface area contributed by atoms with Gasteiger partial charge in [-0.05, 0) is 104 Å². The van der Waals surface area contributed by atoms with Crippen LogP contribution in [-0.2, 0) is 61.6 Å². The van der Waals surface area contributed by atoms with E-state index in [9.17, 15) is 107 Å². The molecule has 4 saturated carbocycles. The average molecular weight is 1410 g/mol. The van der Waals surface area contributed by atoms with Crippen LogP contribution in [0.3, 0.4) is 0 Å². The standard InChI is InChI=1S/C63H106O34/c1-22(21-85-55-46(79)42(75)37(70)30(15-64)87-55)7-12-63(84)23(2)36-29(97-63)14-28-26-6-5-24-13-25(8-10-61(24,3)27(26)9-11-62(28,36)4)86-56-49(82)45(78)51(35(20-69)92-56)93-60-54(53(41(74)34(19-68)91-60)95-58-48(81)44(77)39(72)32(17-66)89-58)96-59-50(83)52(40(73)33(18-67)90-59)94-57-47(80)43(76)38(71)31(16-65)88-57/h22-60,64-84H,5-21H2,1-4H3/t22-,23+,24+,25+,26-,27+,28+,29+,30-,31-,32-,33-,34-,35-,36+,37-,38-,39-,40-,41-,42+,43+,44+,45-,46-,47-,48-,49-,50-,51+,52+,53+,54-,55-,56-,57+,58+,59+,60+,61+,62+,63-/m1/s1. The smallest absolute Gasteiger partial charge is 0.187 e. The molecule has 0 amide bonds. The molecule has 11 fully saturated rings. The van der Waals surface area contributed by atoms with E-state index in [2.05, 4.69) is 20.8 Å². The van der Waals surface area contributed by atoms with Gasteiger partial charge >= 0.3 is 0 Å². The van der Waals surface area contributed by atoms with Crippen LogP contribution in [0.25, 0.3) is 0 Å². The minimum atomic E-state index is -2.25. The Morgan fingerprint density at radius 1 is 0.412 bits per heavy atom. The summed E-state index contributed by atoms with van der Waals surface area (Å²) in [6, 6.07) is 0. The SMILES string of the molecule is C[C@H](CC[C@@]1(O)O[C@H]2C[C@H]3[C@@H]4CC[C@H]5C[C@@H](O[C@@H]6O[C@H](CO)[C@H](O[C@@H]7O[C@H](CO)[C@@H](O)[C@H](O[C@@H]8O[C@H](CO)[C@@H](O)[C@H](O)[C@H]8O)[C@H]7O[C@@H]7O[C@H](CO)[C@@H](O)[C@H](O[C@@H]8O[C@H](CO)[C@@H](O)[C@H](O)[C@H]8O)[C@H]7O)[C@H](O)[C@H]6O)CC[C@]5(C)[C@H]4CC[C@]3(C)[C@H]2[C@@H]1C)CO[C@@H]1O[C@H](CO)[C@@H](O)[C@H](O)[C@H]1O. The van der Waals surface area contributed by atoms with E-state index in [4.69, 9.17) is 61.6 Å². The van der Waals surface area contributed by atoms with Gasteiger partial charge in [-0.1, -0.05) is 27.7 Å². The van der Waals surface area contributed by atoms with E-state index in [-0.39, 0.29) is 47.2 Å². The third kappa shape index (κ3) is 14.4. The molecule has 0 spiro atoms. The Hall–Kier alpha value is -1.36. The summed E-state index contributed by atoms with van der Waals surface area (Å²) in [7, 11) is 0. The summed E-state index contributed by atoms with van der Waals surface area (Å²) in [6.45, 7) is 3.54. The fourth-order valence-electron chi connectivity index (χ4n) is 18.6. The highest BCUT2D eigenvalue weighted by Crippen LogP contribution is 2.71. The minimum Gasteiger partial charge on any atom is -0.394 e. The van der Waals surface area contributed by atoms with Gasteiger partial charge in [-0.2, -0.15) is 0 Å². The monoisotopic (exact) mass is 1410 g/mol. The highest BCUT2D eigenvalue weighted by molar-refractivity contribution is 5.15. The third-order valence-corrected chi connectivity index (χ3v) is 24.3. The summed E-state index contributed by atoms with van der Waals surface area (Å²) < 4.78 is 78.0. The molecule has 7 heterocycles. The van der Waals surface area contributed by atoms with Crippen LogP contribution in [0.4, 0.5) is 0 Å². The molecule has 0 aromatic carbocycles. The second kappa shape index (κ2) is 31.0. The first-order valence-corrected chi connectivity index (χ1v) is 34.4. The first-order valence-electron chi connectivity index (χ1n) is 34.4. The summed E-state index contributed by atoms with van der Waals surface area (Å²) in [5.74, 6) is -0.219. The number of rotatable bonds is 22. The second-order valence-corrected chi connectivity index (χ2v) is 29.9. The topological polar surface area (TPSA) is 545 Å². The number of hydrogen-bond donors (Lipinski definition) is 21. The molecule has 0 bridgehead atoms. The van der Waals surface area contributed by atoms with Crippen LogP contribution in [0.15, 0.2) is 0 Å². The Bertz CT molecular complexity index is 2510. The molecule has 34 nitrogen and oxygen atoms in total. The fraction of sp³-hybridized carbons (Fsp3) is 1.00. The summed E-state index contributed by atoms with van der Waals surface area (Å²) in [4.78, 5) is 0. The molecule has 0 unspecified atom stereocenters. The Kier molecular flexibility index (Phi) is 24.5. The summed E-state index contributed by atoms with van der Waals surface area (Å²) in [6.07, 6.45) is -48.2. The molecule has 42 atom stereocenters. The molecule has 21 N–H and O–H groups in total. The molecule has 11 aliphatic rings. The largest absolute Gasteiger partial charge is 0.394 e. The third-order valence-electron chi connectivity index (χ3n) is 24.3. The van der Waals surface area contributed by atoms with E-state index in [1.54, 1.807) is 0 Å². The van der Waals surface area contributed by atoms with Crippen LogP contribution in [0.1, 0.15) is 91.9 Å². The first-order chi connectivity index (χ1) is 46.0. The molecular formula is C63H106O34. The van der Waals surface area contributed by atoms with Gasteiger partial charge < -0.3 is 169 Å². The lowest BCUT2D eigenvalue weighted by molar-refractivity contribution is -0.411. The zero-order valence-electron chi connectivity index (χ0n) is 54.7. The van der Waals surface area contributed by atoms with Crippen molar-refractivity contribution >= 4 is 0 Å². The van der Waals surface area contributed by atoms with Gasteiger partial charge in [0.05, 0.1) is 58.5 Å². The molecule has 7 aliphatic heterocycles. The fourth-order valence-corrected chi connectivity index (χ4v) is 18.6. The molecule has 0 aromatic rings. The number of hydrogen-bond acceptors (Lipinski definition) is 34. The van der Waals surface area contributed by atoms with E-state index in [1.807, 2.05) is 6.92 Å². The van der Waals surface area contributed by atoms with Gasteiger partial charge in [0, 0.05) is 12.3 Å². The second-order valence-electron chi connectivity index (χ2n) is 29.9. The van der Waals surface area contributed by atoms with E-state index in [1.165, 1.54) is 0 Å². The van der Waals surface area contributed by atoms with Crippen molar-refractivity contribution in [2.45, 2.75) is 294 Å². The lowest BCUT2D eigenvalue weighted by Gasteiger charge is -2.61. The van der Waals surface area contributed by atoms with E-state index in [0.717, 1.165) is 38.5 Å². The summed E-state index contributed by atoms with van der Waals surface area (Å²) in [5, 5.41) is 228. The van der Waals surface area contributed by atoms with Crippen LogP contribution >= 0.6 is 0 Å². The molecule has 7 saturated heterocycles. The highest BCUT2D eigenvalue weighted by Gasteiger charge is 2.69. The minimum absolute atomic E-state index is 0.0836. The van der Waals surface area contributed by atoms with Gasteiger partial charge in [0.2, 0.25) is 0 Å². The molecule has 562 valence electrons. The molecule has 97 heavy (non-hydrogen) atoms. The lowest BCUT2D eigenvalue weighted by Crippen LogP contribution is -2.69. The summed E-state index contributed by atoms with van der Waals surface area (Å²) in [5.41, 5.74) is -0.179. The van der Waals surface area contributed by atoms with Crippen molar-refractivity contribution in [1.82, 2.24) is 0 Å². The van der Waals surface area contributed by atoms with Gasteiger partial charge in [-0.3, -0.25) is 0 Å². The van der Waals surface area contributed by atoms with Crippen molar-refractivity contribution in [3.8, 4) is 0 Å². The summed E-state index contributed by atoms with van der Waals surface area (Å²) >= 11 is 0. The van der Waals surface area contributed by atoms with Crippen LogP contribution in [0.2, 0.25) is 0 Å². The Morgan fingerprint density at radius 3 is 1.42 bits per heavy atom. The molecule has 11 rings (SSSR count). The first kappa shape index (κ1) is 76.8. The Labute approximate surface area is 559 Å². The van der Waals surface area contributed by atoms with Crippen molar-refractivity contribution in [3.63, 3.8) is 0 Å². The molecule has 0 radical (unpaired) electrons. The van der Waals surface area contributed by atoms with E-state index in [0.29, 0.717) is 43.4 Å². The van der Waals surface area contributed by atoms with Gasteiger partial charge in [0.1, 0.15) is 146 Å². The number of aliphatic hydroxyl groups excluding tert-OH is 20. The molecular weight excluding hydrogens is 1300 g/mol. The van der Waals surface area contributed by atoms with Gasteiger partial charge in [-0.25, -0.2) is 0 Å². The zero-order chi connectivity index (χ0) is 70.2. The Balaban J connectivity index is 0.743. The Morgan fingerprint density at radius 2 is 0.856 bits per heavy atom. The van der Waals surface area contributed by atoms with Crippen molar-refractivity contribution in [1.29, 1.82) is 0 Å². The molecule has 4 aliphatic carbocycles. The van der Waals surface area contributed by atoms with Crippen LogP contribution in [0, 0.1) is 52.3 Å². The van der Waals surface area contributed by atoms with Crippen molar-refractivity contribution in [3.05, 3.63) is 0 Å². The van der Waals surface area contributed by atoms with Gasteiger partial charge in [-0.15, -0.1) is 0 Å². The van der Waals surface area contributed by atoms with Crippen molar-refractivity contribution < 1.29 is 169 Å². The normalized spacial score (nSPS) is 55.1. The highest BCUT2D eigenvalue weighted by atomic mass is 16.8. The maximum absolute atomic E-state index is 12.2. The van der Waals surface area contributed by atoms with Gasteiger partial charge in [0.25, 0.3) is 0 Å². The maximum Gasteiger partial charge on any atom is 0.187 e. The lowest BCUT2D eigenvalue weighted by atomic mass is 9.44. The predicted molar refractivity (Wildman–Crippen MR) is 317 cm³/mol. The quantitative estimate of drug-likeness (QED) is 0.0448. The van der Waals surface area contributed by atoms with Gasteiger partial charge in [0.15, 0.2) is 43.5 Å². The predicted octanol–water partition coefficient (Wildman–Crippen LogP) is -8.31. The number of ether oxygens (including phenoxy) is 13. The van der Waals surface area contributed by atoms with E-state index >= 15 is 0 Å². The van der Waals surface area contributed by atoms with Crippen molar-refractivity contribution in [2.24, 2.45) is 52.3 Å². The molecule has 0 aromatic heterocycles. The number of aliphatic hydroxyl groups is 21. The zero-order valence-corrected chi connectivity index (χ0v) is 54.7. The van der Waals surface area contributed by atoms with Crippen molar-refractivity contribution in [2.75, 3.05) is 46.2 Å². The average Bonchev–Trinajstić information content (AvgIpc) is 1.57. The van der Waals surface area contributed by atoms with Crippen LogP contribution in [-0.4, -0.2) is 356 Å². The maximum atomic E-state index is 12.2. The number of fused-ring (bicyclic) bond motifs is 7. The van der Waals surface area contributed by atoms with Crippen LogP contribution in [0.5, 0.6) is 0 Å². The van der Waals surface area contributed by atoms with Crippen LogP contribution < -0.4 is 0 Å². The molecule has 34 heteroatoms. The van der Waals surface area contributed by atoms with E-state index < -0.39 is 236 Å².